The number of amides is 2. The normalized spacial score (nSPS) is 24.3. The number of carbonyl (C=O) groups is 2. The average molecular weight is 391 g/mol. The van der Waals surface area contributed by atoms with Gasteiger partial charge in [0.05, 0.1) is 31.2 Å². The molecule has 2 unspecified atom stereocenters. The van der Waals surface area contributed by atoms with Gasteiger partial charge in [0.1, 0.15) is 6.04 Å². The number of para-hydroxylation sites is 1. The van der Waals surface area contributed by atoms with Crippen LogP contribution in [0.2, 0.25) is 0 Å². The van der Waals surface area contributed by atoms with E-state index in [2.05, 4.69) is 6.92 Å². The fraction of sp³-hybridized carbons (Fsp3) is 0.375. The van der Waals surface area contributed by atoms with E-state index in [0.717, 1.165) is 24.2 Å². The van der Waals surface area contributed by atoms with Crippen LogP contribution >= 0.6 is 0 Å². The minimum Gasteiger partial charge on any atom is -0.331 e. The summed E-state index contributed by atoms with van der Waals surface area (Å²) in [5.41, 5.74) is 2.88. The molecule has 0 spiro atoms. The maximum Gasteiger partial charge on any atom is 0.265 e. The summed E-state index contributed by atoms with van der Waals surface area (Å²) >= 11 is 0. The maximum atomic E-state index is 13.4. The molecule has 2 aromatic carbocycles. The average Bonchev–Trinajstić information content (AvgIpc) is 3.19. The number of nitrogens with zero attached hydrogens (tertiary/aromatic N) is 2. The van der Waals surface area contributed by atoms with Crippen LogP contribution in [0.25, 0.3) is 0 Å². The van der Waals surface area contributed by atoms with E-state index >= 15 is 0 Å². The second-order valence-electron chi connectivity index (χ2n) is 7.95. The molecule has 4 rings (SSSR count). The van der Waals surface area contributed by atoms with Crippen LogP contribution in [0.4, 0.5) is 5.69 Å². The predicted molar refractivity (Wildman–Crippen MR) is 115 cm³/mol. The van der Waals surface area contributed by atoms with Gasteiger partial charge in [0.15, 0.2) is 0 Å². The van der Waals surface area contributed by atoms with Crippen molar-refractivity contribution in [2.24, 2.45) is 4.99 Å². The summed E-state index contributed by atoms with van der Waals surface area (Å²) in [7, 11) is 0. The van der Waals surface area contributed by atoms with Gasteiger partial charge in [0.25, 0.3) is 5.91 Å². The molecule has 5 nitrogen and oxygen atoms in total. The Labute approximate surface area is 172 Å². The van der Waals surface area contributed by atoms with Gasteiger partial charge in [-0.15, -0.1) is 0 Å². The molecular formula is C24H28N3O2+. The highest BCUT2D eigenvalue weighted by atomic mass is 16.2. The number of likely N-dealkylation sites (N-methyl/N-ethyl adjacent to an activating group) is 1. The number of fused-ring (bicyclic) bond motifs is 1. The van der Waals surface area contributed by atoms with Crippen molar-refractivity contribution in [1.82, 2.24) is 0 Å². The number of quaternary nitrogens is 1. The summed E-state index contributed by atoms with van der Waals surface area (Å²) < 4.78 is 0. The summed E-state index contributed by atoms with van der Waals surface area (Å²) in [5.74, 6) is -1.02. The Morgan fingerprint density at radius 2 is 1.90 bits per heavy atom. The predicted octanol–water partition coefficient (Wildman–Crippen LogP) is 2.40. The van der Waals surface area contributed by atoms with Crippen LogP contribution in [-0.2, 0) is 4.79 Å². The van der Waals surface area contributed by atoms with Gasteiger partial charge in [0, 0.05) is 24.6 Å². The van der Waals surface area contributed by atoms with Crippen LogP contribution in [0.1, 0.15) is 47.2 Å². The van der Waals surface area contributed by atoms with Gasteiger partial charge in [-0.3, -0.25) is 14.6 Å². The molecule has 1 fully saturated rings. The number of nitrogens with one attached hydrogen (secondary N) is 1. The zero-order valence-corrected chi connectivity index (χ0v) is 17.1. The Balaban J connectivity index is 1.66. The van der Waals surface area contributed by atoms with E-state index in [1.807, 2.05) is 49.4 Å². The number of benzene rings is 2. The molecule has 0 bridgehead atoms. The second-order valence-corrected chi connectivity index (χ2v) is 7.95. The Morgan fingerprint density at radius 1 is 1.14 bits per heavy atom. The first-order chi connectivity index (χ1) is 14.1. The standard InChI is InChI=1S/C24H27N3O2/c1-3-26-14-8-10-18(26)15-25-16-21-19-11-5-6-12-20(19)23(28)27(24(21)29)22-13-7-4-9-17(22)2/h4-7,9,11-13,16,18,21H,3,8,10,14-15H2,1-2H3/p+1/t18-,21?/m0/s1. The number of carbonyl (C=O) groups excluding carboxylic acids is 2. The number of imide groups is 1. The van der Waals surface area contributed by atoms with E-state index in [1.54, 1.807) is 17.2 Å². The number of anilines is 1. The molecule has 0 aromatic heterocycles. The number of hydrogen-bond acceptors (Lipinski definition) is 3. The SMILES string of the molecule is CC[NH+]1CCC[C@H]1CN=CC1C(=O)N(c2ccccc2C)C(=O)c2ccccc21. The number of aryl methyl sites for hydroxylation is 1. The third-order valence-corrected chi connectivity index (χ3v) is 6.23. The van der Waals surface area contributed by atoms with Gasteiger partial charge in [-0.05, 0) is 37.1 Å². The zero-order chi connectivity index (χ0) is 20.4. The lowest BCUT2D eigenvalue weighted by Gasteiger charge is -2.31. The molecule has 0 radical (unpaired) electrons. The molecule has 2 amide bonds. The van der Waals surface area contributed by atoms with Crippen molar-refractivity contribution in [3.05, 3.63) is 65.2 Å². The Morgan fingerprint density at radius 3 is 2.69 bits per heavy atom. The first-order valence-corrected chi connectivity index (χ1v) is 10.5. The van der Waals surface area contributed by atoms with Crippen LogP contribution < -0.4 is 9.80 Å². The van der Waals surface area contributed by atoms with E-state index in [9.17, 15) is 9.59 Å². The number of rotatable bonds is 5. The monoisotopic (exact) mass is 390 g/mol. The molecule has 3 atom stereocenters. The summed E-state index contributed by atoms with van der Waals surface area (Å²) in [5, 5.41) is 0. The van der Waals surface area contributed by atoms with Gasteiger partial charge in [-0.25, -0.2) is 4.90 Å². The van der Waals surface area contributed by atoms with E-state index in [4.69, 9.17) is 4.99 Å². The molecule has 1 N–H and O–H groups in total. The Bertz CT molecular complexity index is 953. The van der Waals surface area contributed by atoms with E-state index in [1.165, 1.54) is 24.3 Å². The van der Waals surface area contributed by atoms with Crippen molar-refractivity contribution in [3.8, 4) is 0 Å². The van der Waals surface area contributed by atoms with Gasteiger partial charge in [-0.1, -0.05) is 36.4 Å². The van der Waals surface area contributed by atoms with E-state index in [-0.39, 0.29) is 11.8 Å². The minimum absolute atomic E-state index is 0.224. The number of hydrogen-bond donors (Lipinski definition) is 1. The zero-order valence-electron chi connectivity index (χ0n) is 17.1. The summed E-state index contributed by atoms with van der Waals surface area (Å²) in [6.07, 6.45) is 4.19. The maximum absolute atomic E-state index is 13.4. The highest BCUT2D eigenvalue weighted by molar-refractivity contribution is 6.29. The van der Waals surface area contributed by atoms with Crippen molar-refractivity contribution >= 4 is 23.7 Å². The number of aliphatic imine (C=N–C) groups is 1. The van der Waals surface area contributed by atoms with Crippen molar-refractivity contribution in [2.45, 2.75) is 38.6 Å². The van der Waals surface area contributed by atoms with Gasteiger partial charge >= 0.3 is 0 Å². The van der Waals surface area contributed by atoms with Gasteiger partial charge in [-0.2, -0.15) is 0 Å². The number of likely N-dealkylation sites (tertiary alicyclic amines) is 1. The fourth-order valence-electron chi connectivity index (χ4n) is 4.61. The van der Waals surface area contributed by atoms with E-state index in [0.29, 0.717) is 17.3 Å². The lowest BCUT2D eigenvalue weighted by Crippen LogP contribution is -3.13. The third-order valence-electron chi connectivity index (χ3n) is 6.23. The molecule has 150 valence electrons. The first kappa shape index (κ1) is 19.5. The summed E-state index contributed by atoms with van der Waals surface area (Å²) in [6.45, 7) is 7.18. The van der Waals surface area contributed by atoms with Crippen LogP contribution in [0.15, 0.2) is 53.5 Å². The molecule has 1 saturated heterocycles. The lowest BCUT2D eigenvalue weighted by atomic mass is 9.88. The van der Waals surface area contributed by atoms with Crippen LogP contribution in [-0.4, -0.2) is 43.7 Å². The van der Waals surface area contributed by atoms with Crippen molar-refractivity contribution in [3.63, 3.8) is 0 Å². The Hall–Kier alpha value is -2.79. The largest absolute Gasteiger partial charge is 0.331 e. The Kier molecular flexibility index (Phi) is 5.58. The molecule has 0 saturated carbocycles. The van der Waals surface area contributed by atoms with Crippen LogP contribution in [0.3, 0.4) is 0 Å². The third kappa shape index (κ3) is 3.62. The quantitative estimate of drug-likeness (QED) is 0.630. The highest BCUT2D eigenvalue weighted by Crippen LogP contribution is 2.33. The van der Waals surface area contributed by atoms with Crippen molar-refractivity contribution in [1.29, 1.82) is 0 Å². The van der Waals surface area contributed by atoms with E-state index < -0.39 is 5.92 Å². The minimum atomic E-state index is -0.532. The van der Waals surface area contributed by atoms with Crippen LogP contribution in [0, 0.1) is 6.92 Å². The molecule has 2 aromatic rings. The summed E-state index contributed by atoms with van der Waals surface area (Å²) in [4.78, 5) is 34.2. The molecule has 5 heteroatoms. The highest BCUT2D eigenvalue weighted by Gasteiger charge is 2.39. The molecule has 29 heavy (non-hydrogen) atoms. The molecule has 0 aliphatic carbocycles. The molecule has 2 aliphatic rings. The van der Waals surface area contributed by atoms with Gasteiger partial charge in [0.2, 0.25) is 5.91 Å². The summed E-state index contributed by atoms with van der Waals surface area (Å²) in [6, 6.07) is 15.4. The van der Waals surface area contributed by atoms with Gasteiger partial charge < -0.3 is 4.90 Å². The van der Waals surface area contributed by atoms with Crippen molar-refractivity contribution in [2.75, 3.05) is 24.5 Å². The molecular weight excluding hydrogens is 362 g/mol. The lowest BCUT2D eigenvalue weighted by molar-refractivity contribution is -0.908. The van der Waals surface area contributed by atoms with Crippen LogP contribution in [0.5, 0.6) is 0 Å². The smallest absolute Gasteiger partial charge is 0.265 e. The first-order valence-electron chi connectivity index (χ1n) is 10.5. The molecule has 2 aliphatic heterocycles. The topological polar surface area (TPSA) is 54.2 Å². The second kappa shape index (κ2) is 8.29. The van der Waals surface area contributed by atoms with Crippen molar-refractivity contribution < 1.29 is 14.5 Å². The molecule has 2 heterocycles. The fourth-order valence-corrected chi connectivity index (χ4v) is 4.61.